The summed E-state index contributed by atoms with van der Waals surface area (Å²) in [5.74, 6) is 0. The third kappa shape index (κ3) is 3.30. The molecule has 2 heteroatoms. The van der Waals surface area contributed by atoms with Gasteiger partial charge in [0, 0.05) is 6.38 Å². The van der Waals surface area contributed by atoms with Crippen molar-refractivity contribution in [3.63, 3.8) is 0 Å². The van der Waals surface area contributed by atoms with E-state index in [1.165, 1.54) is 6.38 Å². The van der Waals surface area contributed by atoms with Crippen LogP contribution in [0.5, 0.6) is 0 Å². The first-order valence-corrected chi connectivity index (χ1v) is 11.6. The summed E-state index contributed by atoms with van der Waals surface area (Å²) < 4.78 is 3.59. The van der Waals surface area contributed by atoms with Crippen molar-refractivity contribution in [3.05, 3.63) is 40.0 Å². The van der Waals surface area contributed by atoms with Crippen LogP contribution >= 0.6 is 11.6 Å². The SMILES string of the molecule is CC1=C(C)C(C)(C)[C]([Zr][C]2=C(C)C(C)=C(C)C2(C)C)=C1C.CCl. The van der Waals surface area contributed by atoms with Gasteiger partial charge in [0.1, 0.15) is 0 Å². The summed E-state index contributed by atoms with van der Waals surface area (Å²) >= 11 is 3.91. The van der Waals surface area contributed by atoms with E-state index in [0.717, 1.165) is 0 Å². The quantitative estimate of drug-likeness (QED) is 0.420. The molecule has 0 atom stereocenters. The number of hydrogen-bond acceptors (Lipinski definition) is 0. The molecule has 0 amide bonds. The van der Waals surface area contributed by atoms with Gasteiger partial charge in [0.25, 0.3) is 0 Å². The first kappa shape index (κ1) is 21.2. The van der Waals surface area contributed by atoms with E-state index in [9.17, 15) is 0 Å². The molecule has 0 unspecified atom stereocenters. The fourth-order valence-electron chi connectivity index (χ4n) is 3.81. The van der Waals surface area contributed by atoms with E-state index in [1.807, 2.05) is 0 Å². The Morgan fingerprint density at radius 2 is 0.826 bits per heavy atom. The molecule has 0 saturated heterocycles. The molecule has 0 aliphatic heterocycles. The number of alkyl halides is 1. The first-order chi connectivity index (χ1) is 10.4. The molecule has 0 aromatic carbocycles. The Hall–Kier alpha value is 0.133. The van der Waals surface area contributed by atoms with Gasteiger partial charge in [-0.1, -0.05) is 0 Å². The number of hydrogen-bond donors (Lipinski definition) is 0. The third-order valence-electron chi connectivity index (χ3n) is 6.38. The molecule has 0 aromatic heterocycles. The van der Waals surface area contributed by atoms with Crippen molar-refractivity contribution in [3.8, 4) is 0 Å². The summed E-state index contributed by atoms with van der Waals surface area (Å²) in [6.45, 7) is 23.7. The Labute approximate surface area is 160 Å². The molecule has 2 rings (SSSR count). The molecular formula is C21H33ClZr. The average Bonchev–Trinajstić information content (AvgIpc) is 2.74. The second kappa shape index (κ2) is 7.17. The van der Waals surface area contributed by atoms with Gasteiger partial charge in [0.2, 0.25) is 0 Å². The molecule has 2 aliphatic rings. The summed E-state index contributed by atoms with van der Waals surface area (Å²) in [4.78, 5) is 0. The molecule has 0 bridgehead atoms. The van der Waals surface area contributed by atoms with Crippen LogP contribution in [0.2, 0.25) is 0 Å². The van der Waals surface area contributed by atoms with Crippen LogP contribution < -0.4 is 0 Å². The Morgan fingerprint density at radius 3 is 1.00 bits per heavy atom. The summed E-state index contributed by atoms with van der Waals surface area (Å²) in [6, 6.07) is 0. The minimum Gasteiger partial charge on any atom is -0.130 e. The summed E-state index contributed by atoms with van der Waals surface area (Å²) in [7, 11) is 0. The second-order valence-corrected chi connectivity index (χ2v) is 10.9. The summed E-state index contributed by atoms with van der Waals surface area (Å²) in [6.07, 6.45) is 1.47. The van der Waals surface area contributed by atoms with Crippen LogP contribution in [0.15, 0.2) is 40.0 Å². The Balaban J connectivity index is 0.00000127. The molecule has 0 saturated carbocycles. The molecule has 0 spiro atoms. The van der Waals surface area contributed by atoms with E-state index in [0.29, 0.717) is 0 Å². The largest absolute Gasteiger partial charge is 0.130 e. The van der Waals surface area contributed by atoms with Gasteiger partial charge in [0.05, 0.1) is 0 Å². The predicted octanol–water partition coefficient (Wildman–Crippen LogP) is 7.22. The minimum absolute atomic E-state index is 0.286. The zero-order valence-electron chi connectivity index (χ0n) is 16.9. The molecule has 128 valence electrons. The van der Waals surface area contributed by atoms with Gasteiger partial charge in [-0.2, -0.15) is 0 Å². The Kier molecular flexibility index (Phi) is 6.60. The van der Waals surface area contributed by atoms with Gasteiger partial charge in [0.15, 0.2) is 0 Å². The van der Waals surface area contributed by atoms with Crippen molar-refractivity contribution >= 4 is 11.6 Å². The van der Waals surface area contributed by atoms with Crippen LogP contribution in [0.1, 0.15) is 69.2 Å². The van der Waals surface area contributed by atoms with Gasteiger partial charge in [-0.15, -0.1) is 11.6 Å². The number of halogens is 1. The Bertz CT molecular complexity index is 581. The zero-order chi connectivity index (χ0) is 18.3. The summed E-state index contributed by atoms with van der Waals surface area (Å²) in [5, 5.41) is 0. The van der Waals surface area contributed by atoms with E-state index < -0.39 is 23.2 Å². The van der Waals surface area contributed by atoms with Crippen LogP contribution in [-0.2, 0) is 23.2 Å². The molecule has 0 nitrogen and oxygen atoms in total. The fraction of sp³-hybridized carbons (Fsp3) is 0.619. The maximum atomic E-state index is 4.64. The van der Waals surface area contributed by atoms with E-state index >= 15 is 0 Å². The maximum Gasteiger partial charge on any atom is 0.0108 e. The summed E-state index contributed by atoms with van der Waals surface area (Å²) in [5.41, 5.74) is 10.0. The van der Waals surface area contributed by atoms with Gasteiger partial charge >= 0.3 is 143 Å². The second-order valence-electron chi connectivity index (χ2n) is 7.88. The van der Waals surface area contributed by atoms with Crippen LogP contribution in [-0.4, -0.2) is 6.38 Å². The topological polar surface area (TPSA) is 0 Å². The van der Waals surface area contributed by atoms with Crippen molar-refractivity contribution < 1.29 is 23.2 Å². The van der Waals surface area contributed by atoms with Gasteiger partial charge in [-0.3, -0.25) is 0 Å². The number of allylic oxidation sites excluding steroid dienone is 8. The molecule has 2 aliphatic carbocycles. The van der Waals surface area contributed by atoms with Crippen LogP contribution in [0.25, 0.3) is 0 Å². The fourth-order valence-corrected chi connectivity index (χ4v) is 8.73. The predicted molar refractivity (Wildman–Crippen MR) is 101 cm³/mol. The van der Waals surface area contributed by atoms with Crippen molar-refractivity contribution in [2.45, 2.75) is 69.2 Å². The van der Waals surface area contributed by atoms with Crippen LogP contribution in [0.3, 0.4) is 0 Å². The van der Waals surface area contributed by atoms with E-state index in [-0.39, 0.29) is 10.8 Å². The van der Waals surface area contributed by atoms with Crippen molar-refractivity contribution in [2.75, 3.05) is 6.38 Å². The van der Waals surface area contributed by atoms with Crippen LogP contribution in [0, 0.1) is 10.8 Å². The van der Waals surface area contributed by atoms with Crippen molar-refractivity contribution in [2.24, 2.45) is 10.8 Å². The minimum atomic E-state index is -0.730. The zero-order valence-corrected chi connectivity index (χ0v) is 20.1. The molecule has 0 heterocycles. The van der Waals surface area contributed by atoms with Gasteiger partial charge < -0.3 is 0 Å². The van der Waals surface area contributed by atoms with Crippen molar-refractivity contribution in [1.82, 2.24) is 0 Å². The molecule has 0 fully saturated rings. The van der Waals surface area contributed by atoms with E-state index in [4.69, 9.17) is 0 Å². The van der Waals surface area contributed by atoms with E-state index in [1.54, 1.807) is 40.0 Å². The molecular weight excluding hydrogens is 379 g/mol. The molecule has 0 radical (unpaired) electrons. The first-order valence-electron chi connectivity index (χ1n) is 8.38. The third-order valence-corrected chi connectivity index (χ3v) is 12.5. The van der Waals surface area contributed by atoms with Gasteiger partial charge in [-0.25, -0.2) is 0 Å². The molecule has 0 aromatic rings. The number of rotatable bonds is 2. The maximum absolute atomic E-state index is 4.64. The molecule has 23 heavy (non-hydrogen) atoms. The normalized spacial score (nSPS) is 22.8. The van der Waals surface area contributed by atoms with E-state index in [2.05, 4.69) is 80.8 Å². The van der Waals surface area contributed by atoms with Gasteiger partial charge in [-0.05, 0) is 0 Å². The smallest absolute Gasteiger partial charge is 0.0108 e. The average molecular weight is 412 g/mol. The monoisotopic (exact) mass is 410 g/mol. The Morgan fingerprint density at radius 1 is 0.565 bits per heavy atom. The van der Waals surface area contributed by atoms with Crippen molar-refractivity contribution in [1.29, 1.82) is 0 Å². The van der Waals surface area contributed by atoms with Crippen LogP contribution in [0.4, 0.5) is 0 Å². The standard InChI is InChI=1S/2C10H15.CH3Cl.Zr/c2*1-7-6-10(4,5)9(3)8(7)2;1-2;/h2*1-5H3;1H3;. The molecule has 0 N–H and O–H groups in total.